The van der Waals surface area contributed by atoms with Crippen LogP contribution in [-0.4, -0.2) is 75.0 Å². The first-order valence-corrected chi connectivity index (χ1v) is 31.8. The molecule has 1 aliphatic rings. The average Bonchev–Trinajstić information content (AvgIpc) is 3.43. The highest BCUT2D eigenvalue weighted by Gasteiger charge is 2.48. The molecule has 0 amide bonds. The molecule has 0 saturated carbocycles. The van der Waals surface area contributed by atoms with Gasteiger partial charge in [-0.2, -0.15) is 0 Å². The second-order valence-corrected chi connectivity index (χ2v) is 25.5. The van der Waals surface area contributed by atoms with E-state index >= 15 is 0 Å². The molecule has 3 aromatic carbocycles. The van der Waals surface area contributed by atoms with Crippen molar-refractivity contribution < 1.29 is 38.3 Å². The Balaban J connectivity index is 1.34. The summed E-state index contributed by atoms with van der Waals surface area (Å²) in [6.45, 7) is 27.0. The van der Waals surface area contributed by atoms with Gasteiger partial charge in [0.25, 0.3) is 0 Å². The van der Waals surface area contributed by atoms with E-state index in [1.807, 2.05) is 78.9 Å². The molecule has 444 valence electrons. The van der Waals surface area contributed by atoms with E-state index in [1.165, 1.54) is 116 Å². The van der Waals surface area contributed by atoms with E-state index in [9.17, 15) is 5.11 Å². The topological polar surface area (TPSA) is 84.8 Å². The van der Waals surface area contributed by atoms with Crippen molar-refractivity contribution in [1.82, 2.24) is 0 Å². The second kappa shape index (κ2) is 41.3. The molecular weight excluding hydrogens is 969 g/mol. The highest BCUT2D eigenvalue weighted by Crippen LogP contribution is 2.31. The van der Waals surface area contributed by atoms with Crippen molar-refractivity contribution in [2.75, 3.05) is 33.0 Å². The smallest absolute Gasteiger partial charge is 0.186 e. The lowest BCUT2D eigenvalue weighted by Crippen LogP contribution is -2.61. The van der Waals surface area contributed by atoms with Gasteiger partial charge < -0.3 is 38.3 Å². The van der Waals surface area contributed by atoms with Crippen LogP contribution in [0.15, 0.2) is 91.0 Å². The van der Waals surface area contributed by atoms with Crippen LogP contribution in [0.2, 0.25) is 0 Å². The van der Waals surface area contributed by atoms with Gasteiger partial charge in [-0.15, -0.1) is 0 Å². The van der Waals surface area contributed by atoms with Crippen LogP contribution in [0.1, 0.15) is 214 Å². The SMILES string of the molecule is CC(C)CCC[C@@H](C)CCC[C@@H](C)CCC[C@@H](C)CCOC[C@H](CO[C@H]1O[C@H](COCc2ccccc2)[C@@H](OCc2ccccc2)[C@H](OCc2ccccc2)[C@@H]1O)OCC[C@H](C)CCC[C@H](C)CCC[C@H](C)CCCC(C)C. The highest BCUT2D eigenvalue weighted by molar-refractivity contribution is 5.15. The minimum Gasteiger partial charge on any atom is -0.385 e. The normalized spacial score (nSPS) is 20.7. The number of rotatable bonds is 46. The average molecular weight is 1090 g/mol. The lowest BCUT2D eigenvalue weighted by atomic mass is 9.91. The maximum atomic E-state index is 12.2. The van der Waals surface area contributed by atoms with Crippen molar-refractivity contribution in [2.24, 2.45) is 47.3 Å². The number of hydrogen-bond donors (Lipinski definition) is 1. The van der Waals surface area contributed by atoms with Crippen LogP contribution in [0.25, 0.3) is 0 Å². The molecule has 1 N–H and O–H groups in total. The Morgan fingerprint density at radius 3 is 1.19 bits per heavy atom. The molecule has 0 bridgehead atoms. The van der Waals surface area contributed by atoms with Crippen LogP contribution in [0.4, 0.5) is 0 Å². The van der Waals surface area contributed by atoms with Crippen molar-refractivity contribution >= 4 is 0 Å². The zero-order chi connectivity index (χ0) is 56.2. The first-order valence-electron chi connectivity index (χ1n) is 31.8. The molecule has 12 atom stereocenters. The number of benzene rings is 3. The molecular formula is C70H116O8. The number of aliphatic hydroxyl groups is 1. The van der Waals surface area contributed by atoms with Gasteiger partial charge in [-0.3, -0.25) is 0 Å². The monoisotopic (exact) mass is 1080 g/mol. The minimum atomic E-state index is -1.14. The molecule has 1 aliphatic heterocycles. The molecule has 0 spiro atoms. The first-order chi connectivity index (χ1) is 37.7. The summed E-state index contributed by atoms with van der Waals surface area (Å²) in [6, 6.07) is 30.3. The van der Waals surface area contributed by atoms with Gasteiger partial charge in [-0.05, 0) is 76.9 Å². The van der Waals surface area contributed by atoms with Gasteiger partial charge in [0.2, 0.25) is 0 Å². The number of aliphatic hydroxyl groups excluding tert-OH is 1. The van der Waals surface area contributed by atoms with Crippen molar-refractivity contribution in [1.29, 1.82) is 0 Å². The first kappa shape index (κ1) is 67.8. The van der Waals surface area contributed by atoms with Crippen LogP contribution in [0.3, 0.4) is 0 Å². The molecule has 1 fully saturated rings. The third-order valence-corrected chi connectivity index (χ3v) is 16.6. The van der Waals surface area contributed by atoms with Crippen molar-refractivity contribution in [2.45, 2.75) is 254 Å². The fourth-order valence-corrected chi connectivity index (χ4v) is 11.1. The van der Waals surface area contributed by atoms with E-state index in [0.717, 1.165) is 65.0 Å². The quantitative estimate of drug-likeness (QED) is 0.0560. The van der Waals surface area contributed by atoms with Crippen LogP contribution >= 0.6 is 0 Å². The number of hydrogen-bond acceptors (Lipinski definition) is 8. The second-order valence-electron chi connectivity index (χ2n) is 25.5. The lowest BCUT2D eigenvalue weighted by molar-refractivity contribution is -0.322. The summed E-state index contributed by atoms with van der Waals surface area (Å²) in [4.78, 5) is 0. The Morgan fingerprint density at radius 2 is 0.769 bits per heavy atom. The van der Waals surface area contributed by atoms with Crippen LogP contribution in [-0.2, 0) is 53.0 Å². The molecule has 0 radical (unpaired) electrons. The molecule has 4 rings (SSSR count). The Kier molecular flexibility index (Phi) is 36.0. The van der Waals surface area contributed by atoms with Gasteiger partial charge in [-0.1, -0.05) is 276 Å². The lowest BCUT2D eigenvalue weighted by Gasteiger charge is -2.44. The van der Waals surface area contributed by atoms with E-state index in [-0.39, 0.29) is 19.3 Å². The predicted octanol–water partition coefficient (Wildman–Crippen LogP) is 17.8. The van der Waals surface area contributed by atoms with Gasteiger partial charge in [0, 0.05) is 13.2 Å². The number of ether oxygens (including phenoxy) is 7. The summed E-state index contributed by atoms with van der Waals surface area (Å²) in [6.07, 6.45) is 21.4. The Bertz CT molecular complexity index is 1830. The molecule has 1 saturated heterocycles. The Labute approximate surface area is 478 Å². The highest BCUT2D eigenvalue weighted by atomic mass is 16.7. The third kappa shape index (κ3) is 31.0. The van der Waals surface area contributed by atoms with E-state index in [1.54, 1.807) is 0 Å². The molecule has 0 aliphatic carbocycles. The zero-order valence-corrected chi connectivity index (χ0v) is 51.3. The molecule has 1 heterocycles. The molecule has 0 aromatic heterocycles. The van der Waals surface area contributed by atoms with Gasteiger partial charge in [0.15, 0.2) is 6.29 Å². The van der Waals surface area contributed by atoms with Gasteiger partial charge >= 0.3 is 0 Å². The summed E-state index contributed by atoms with van der Waals surface area (Å²) in [5.74, 6) is 6.04. The van der Waals surface area contributed by atoms with E-state index < -0.39 is 30.7 Å². The third-order valence-electron chi connectivity index (χ3n) is 16.6. The minimum absolute atomic E-state index is 0.201. The van der Waals surface area contributed by atoms with E-state index in [4.69, 9.17) is 33.2 Å². The Morgan fingerprint density at radius 1 is 0.397 bits per heavy atom. The molecule has 78 heavy (non-hydrogen) atoms. The largest absolute Gasteiger partial charge is 0.385 e. The van der Waals surface area contributed by atoms with Gasteiger partial charge in [0.05, 0.1) is 39.6 Å². The summed E-state index contributed by atoms with van der Waals surface area (Å²) in [5, 5.41) is 12.2. The fraction of sp³-hybridized carbons (Fsp3) is 0.743. The maximum Gasteiger partial charge on any atom is 0.186 e. The molecule has 8 nitrogen and oxygen atoms in total. The van der Waals surface area contributed by atoms with E-state index in [0.29, 0.717) is 51.5 Å². The summed E-state index contributed by atoms with van der Waals surface area (Å²) >= 11 is 0. The zero-order valence-electron chi connectivity index (χ0n) is 51.3. The van der Waals surface area contributed by atoms with Crippen molar-refractivity contribution in [3.8, 4) is 0 Å². The van der Waals surface area contributed by atoms with Gasteiger partial charge in [0.1, 0.15) is 30.5 Å². The van der Waals surface area contributed by atoms with E-state index in [2.05, 4.69) is 81.4 Å². The van der Waals surface area contributed by atoms with Crippen molar-refractivity contribution in [3.63, 3.8) is 0 Å². The molecule has 0 unspecified atom stereocenters. The predicted molar refractivity (Wildman–Crippen MR) is 324 cm³/mol. The van der Waals surface area contributed by atoms with Crippen LogP contribution in [0, 0.1) is 47.3 Å². The maximum absolute atomic E-state index is 12.2. The standard InChI is InChI=1S/C70H116O8/c1-54(2)26-20-28-56(5)30-22-32-58(7)34-24-36-60(9)44-46-72-51-65(74-47-45-61(10)37-25-35-59(8)33-23-31-57(6)29-21-27-55(3)4)52-77-70-67(71)69(76-50-64-42-18-13-19-43-64)68(75-49-63-40-16-12-17-41-63)66(78-70)53-73-48-62-38-14-11-15-39-62/h11-19,38-43,54-61,65-71H,20-37,44-53H2,1-10H3/t56-,57-,58-,59-,60-,61-,65-,66-,67+,68-,69-,70+/m1/s1. The molecule has 8 heteroatoms. The van der Waals surface area contributed by atoms with Crippen molar-refractivity contribution in [3.05, 3.63) is 108 Å². The van der Waals surface area contributed by atoms with Crippen LogP contribution in [0.5, 0.6) is 0 Å². The Hall–Kier alpha value is -2.66. The summed E-state index contributed by atoms with van der Waals surface area (Å²) < 4.78 is 46.1. The molecule has 3 aromatic rings. The summed E-state index contributed by atoms with van der Waals surface area (Å²) in [5.41, 5.74) is 3.09. The summed E-state index contributed by atoms with van der Waals surface area (Å²) in [7, 11) is 0. The fourth-order valence-electron chi connectivity index (χ4n) is 11.1. The van der Waals surface area contributed by atoms with Gasteiger partial charge in [-0.25, -0.2) is 0 Å². The van der Waals surface area contributed by atoms with Crippen LogP contribution < -0.4 is 0 Å².